The van der Waals surface area contributed by atoms with Crippen LogP contribution in [0.2, 0.25) is 0 Å². The number of thiophene rings is 1. The summed E-state index contributed by atoms with van der Waals surface area (Å²) in [6, 6.07) is 10.5. The summed E-state index contributed by atoms with van der Waals surface area (Å²) in [5.41, 5.74) is 1.65. The molecule has 0 N–H and O–H groups in total. The molecule has 150 valence electrons. The van der Waals surface area contributed by atoms with Gasteiger partial charge in [-0.05, 0) is 36.3 Å². The Kier molecular flexibility index (Phi) is 6.64. The topological polar surface area (TPSA) is 80.8 Å². The molecule has 28 heavy (non-hydrogen) atoms. The van der Waals surface area contributed by atoms with Crippen LogP contribution in [0.15, 0.2) is 46.0 Å². The Morgan fingerprint density at radius 2 is 1.82 bits per heavy atom. The second-order valence-electron chi connectivity index (χ2n) is 6.69. The number of nitrogens with zero attached hydrogens (tertiary/aromatic N) is 1. The fraction of sp³-hybridized carbons (Fsp3) is 0.400. The fourth-order valence-electron chi connectivity index (χ4n) is 3.13. The van der Waals surface area contributed by atoms with E-state index >= 15 is 0 Å². The van der Waals surface area contributed by atoms with E-state index in [4.69, 9.17) is 4.74 Å². The summed E-state index contributed by atoms with van der Waals surface area (Å²) in [7, 11) is -3.49. The molecule has 1 aliphatic rings. The highest BCUT2D eigenvalue weighted by Gasteiger charge is 2.33. The number of ketones is 1. The lowest BCUT2D eigenvalue weighted by atomic mass is 9.98. The van der Waals surface area contributed by atoms with Crippen molar-refractivity contribution in [3.63, 3.8) is 0 Å². The zero-order valence-electron chi connectivity index (χ0n) is 15.7. The van der Waals surface area contributed by atoms with Crippen molar-refractivity contribution in [2.75, 3.05) is 19.7 Å². The monoisotopic (exact) mass is 421 g/mol. The zero-order valence-corrected chi connectivity index (χ0v) is 17.3. The molecule has 6 nitrogen and oxygen atoms in total. The van der Waals surface area contributed by atoms with Crippen LogP contribution in [0.25, 0.3) is 0 Å². The van der Waals surface area contributed by atoms with Gasteiger partial charge in [-0.25, -0.2) is 8.42 Å². The van der Waals surface area contributed by atoms with Gasteiger partial charge in [0.2, 0.25) is 0 Å². The van der Waals surface area contributed by atoms with Crippen LogP contribution in [0.1, 0.15) is 35.7 Å². The van der Waals surface area contributed by atoms with Gasteiger partial charge in [-0.2, -0.15) is 4.31 Å². The molecule has 8 heteroatoms. The van der Waals surface area contributed by atoms with Gasteiger partial charge in [-0.1, -0.05) is 37.3 Å². The number of ether oxygens (including phenoxy) is 1. The molecular weight excluding hydrogens is 398 g/mol. The summed E-state index contributed by atoms with van der Waals surface area (Å²) in [4.78, 5) is 24.5. The molecule has 0 saturated carbocycles. The number of Topliss-reactive ketones (excluding diaryl/α,β-unsaturated/α-hetero) is 1. The number of benzene rings is 1. The Morgan fingerprint density at radius 1 is 1.14 bits per heavy atom. The number of esters is 1. The number of aryl methyl sites for hydroxylation is 1. The van der Waals surface area contributed by atoms with E-state index in [0.29, 0.717) is 22.6 Å². The molecule has 1 saturated heterocycles. The van der Waals surface area contributed by atoms with E-state index in [-0.39, 0.29) is 31.4 Å². The first-order valence-electron chi connectivity index (χ1n) is 9.24. The summed E-state index contributed by atoms with van der Waals surface area (Å²) in [6.07, 6.45) is 1.68. The molecule has 1 aliphatic heterocycles. The Hall–Kier alpha value is -2.03. The Morgan fingerprint density at radius 3 is 2.39 bits per heavy atom. The lowest BCUT2D eigenvalue weighted by molar-refractivity contribution is -0.148. The first kappa shape index (κ1) is 20.7. The van der Waals surface area contributed by atoms with Crippen molar-refractivity contribution < 1.29 is 22.7 Å². The average molecular weight is 422 g/mol. The van der Waals surface area contributed by atoms with Crippen molar-refractivity contribution >= 4 is 33.1 Å². The minimum Gasteiger partial charge on any atom is -0.457 e. The highest BCUT2D eigenvalue weighted by molar-refractivity contribution is 7.91. The average Bonchev–Trinajstić information content (AvgIpc) is 3.28. The third-order valence-electron chi connectivity index (χ3n) is 4.91. The predicted octanol–water partition coefficient (Wildman–Crippen LogP) is 3.14. The molecule has 0 atom stereocenters. The van der Waals surface area contributed by atoms with Crippen LogP contribution in [0, 0.1) is 5.92 Å². The molecule has 0 spiro atoms. The standard InChI is InChI=1S/C20H23NO5S2/c1-2-15-5-7-16(8-6-15)18(22)14-26-20(23)17-9-11-21(12-10-17)28(24,25)19-4-3-13-27-19/h3-8,13,17H,2,9-12,14H2,1H3. The van der Waals surface area contributed by atoms with Crippen molar-refractivity contribution in [3.05, 3.63) is 52.9 Å². The van der Waals surface area contributed by atoms with Crippen LogP contribution in [-0.2, 0) is 26.0 Å². The Labute approximate surface area is 169 Å². The SMILES string of the molecule is CCc1ccc(C(=O)COC(=O)C2CCN(S(=O)(=O)c3cccs3)CC2)cc1. The zero-order chi connectivity index (χ0) is 20.1. The third-order valence-corrected chi connectivity index (χ3v) is 8.18. The number of sulfonamides is 1. The van der Waals surface area contributed by atoms with Gasteiger partial charge < -0.3 is 4.74 Å². The largest absolute Gasteiger partial charge is 0.457 e. The third kappa shape index (κ3) is 4.68. The molecule has 0 aliphatic carbocycles. The molecule has 2 aromatic rings. The van der Waals surface area contributed by atoms with Crippen LogP contribution >= 0.6 is 11.3 Å². The summed E-state index contributed by atoms with van der Waals surface area (Å²) < 4.78 is 31.9. The number of carbonyl (C=O) groups is 2. The van der Waals surface area contributed by atoms with Gasteiger partial charge in [0.25, 0.3) is 10.0 Å². The molecule has 0 unspecified atom stereocenters. The number of rotatable bonds is 7. The van der Waals surface area contributed by atoms with Crippen LogP contribution in [0.4, 0.5) is 0 Å². The summed E-state index contributed by atoms with van der Waals surface area (Å²) >= 11 is 1.18. The minimum absolute atomic E-state index is 0.242. The number of piperidine rings is 1. The lowest BCUT2D eigenvalue weighted by Crippen LogP contribution is -2.40. The van der Waals surface area contributed by atoms with Crippen molar-refractivity contribution in [1.82, 2.24) is 4.31 Å². The first-order valence-corrected chi connectivity index (χ1v) is 11.6. The molecule has 1 aromatic carbocycles. The molecule has 3 rings (SSSR count). The quantitative estimate of drug-likeness (QED) is 0.507. The maximum Gasteiger partial charge on any atom is 0.309 e. The summed E-state index contributed by atoms with van der Waals surface area (Å²) in [5, 5.41) is 1.73. The van der Waals surface area contributed by atoms with Crippen LogP contribution < -0.4 is 0 Å². The molecule has 1 fully saturated rings. The number of hydrogen-bond acceptors (Lipinski definition) is 6. The van der Waals surface area contributed by atoms with Crippen molar-refractivity contribution in [2.24, 2.45) is 5.92 Å². The minimum atomic E-state index is -3.49. The Bertz CT molecular complexity index is 912. The Balaban J connectivity index is 1.49. The highest BCUT2D eigenvalue weighted by atomic mass is 32.2. The molecule has 1 aromatic heterocycles. The van der Waals surface area contributed by atoms with E-state index in [9.17, 15) is 18.0 Å². The van der Waals surface area contributed by atoms with Gasteiger partial charge >= 0.3 is 5.97 Å². The summed E-state index contributed by atoms with van der Waals surface area (Å²) in [5.74, 6) is -1.06. The maximum atomic E-state index is 12.5. The molecule has 2 heterocycles. The van der Waals surface area contributed by atoms with Crippen molar-refractivity contribution in [3.8, 4) is 0 Å². The van der Waals surface area contributed by atoms with Gasteiger partial charge in [-0.15, -0.1) is 11.3 Å². The molecule has 0 amide bonds. The van der Waals surface area contributed by atoms with E-state index in [0.717, 1.165) is 12.0 Å². The van der Waals surface area contributed by atoms with Gasteiger partial charge in [0.1, 0.15) is 4.21 Å². The lowest BCUT2D eigenvalue weighted by Gasteiger charge is -2.29. The second kappa shape index (κ2) is 8.98. The predicted molar refractivity (Wildman–Crippen MR) is 107 cm³/mol. The first-order chi connectivity index (χ1) is 13.4. The smallest absolute Gasteiger partial charge is 0.309 e. The van der Waals surface area contributed by atoms with Crippen LogP contribution in [0.5, 0.6) is 0 Å². The van der Waals surface area contributed by atoms with Crippen molar-refractivity contribution in [2.45, 2.75) is 30.4 Å². The van der Waals surface area contributed by atoms with Crippen LogP contribution in [0.3, 0.4) is 0 Å². The van der Waals surface area contributed by atoms with E-state index in [2.05, 4.69) is 0 Å². The molecule has 0 bridgehead atoms. The second-order valence-corrected chi connectivity index (χ2v) is 9.80. The van der Waals surface area contributed by atoms with E-state index in [1.807, 2.05) is 19.1 Å². The maximum absolute atomic E-state index is 12.5. The van der Waals surface area contributed by atoms with Gasteiger partial charge in [0.15, 0.2) is 12.4 Å². The van der Waals surface area contributed by atoms with Gasteiger partial charge in [0.05, 0.1) is 5.92 Å². The number of carbonyl (C=O) groups excluding carboxylic acids is 2. The summed E-state index contributed by atoms with van der Waals surface area (Å²) in [6.45, 7) is 2.28. The highest BCUT2D eigenvalue weighted by Crippen LogP contribution is 2.26. The number of hydrogen-bond donors (Lipinski definition) is 0. The van der Waals surface area contributed by atoms with E-state index < -0.39 is 16.0 Å². The van der Waals surface area contributed by atoms with Crippen molar-refractivity contribution in [1.29, 1.82) is 0 Å². The fourth-order valence-corrected chi connectivity index (χ4v) is 5.75. The van der Waals surface area contributed by atoms with Gasteiger partial charge in [-0.3, -0.25) is 9.59 Å². The molecular formula is C20H23NO5S2. The van der Waals surface area contributed by atoms with Crippen LogP contribution in [-0.4, -0.2) is 44.2 Å². The van der Waals surface area contributed by atoms with E-state index in [1.165, 1.54) is 15.6 Å². The van der Waals surface area contributed by atoms with Gasteiger partial charge in [0, 0.05) is 18.7 Å². The molecule has 0 radical (unpaired) electrons. The van der Waals surface area contributed by atoms with E-state index in [1.54, 1.807) is 29.6 Å². The normalized spacial score (nSPS) is 16.0.